The summed E-state index contributed by atoms with van der Waals surface area (Å²) in [6.07, 6.45) is 3.60. The van der Waals surface area contributed by atoms with Crippen molar-refractivity contribution in [3.63, 3.8) is 0 Å². The van der Waals surface area contributed by atoms with Crippen LogP contribution in [-0.4, -0.2) is 30.8 Å². The van der Waals surface area contributed by atoms with E-state index in [0.29, 0.717) is 13.0 Å². The SMILES string of the molecule is C=C(C)CC(=O)C1CN=CC=N1. The minimum atomic E-state index is -0.272. The lowest BCUT2D eigenvalue weighted by Crippen LogP contribution is -2.24. The predicted octanol–water partition coefficient (Wildman–Crippen LogP) is 1.05. The highest BCUT2D eigenvalue weighted by molar-refractivity contribution is 6.17. The van der Waals surface area contributed by atoms with Crippen LogP contribution in [0.2, 0.25) is 0 Å². The van der Waals surface area contributed by atoms with Gasteiger partial charge in [0.15, 0.2) is 5.78 Å². The molecule has 0 aliphatic carbocycles. The summed E-state index contributed by atoms with van der Waals surface area (Å²) in [5.74, 6) is 0.107. The fourth-order valence-corrected chi connectivity index (χ4v) is 0.998. The summed E-state index contributed by atoms with van der Waals surface area (Å²) < 4.78 is 0. The molecule has 0 fully saturated rings. The number of carbonyl (C=O) groups excluding carboxylic acids is 1. The van der Waals surface area contributed by atoms with Crippen molar-refractivity contribution in [1.82, 2.24) is 0 Å². The van der Waals surface area contributed by atoms with Crippen LogP contribution in [-0.2, 0) is 4.79 Å². The van der Waals surface area contributed by atoms with Crippen LogP contribution in [0.5, 0.6) is 0 Å². The average Bonchev–Trinajstić information content (AvgIpc) is 2.05. The molecular formula is C9H12N2O. The van der Waals surface area contributed by atoms with Crippen LogP contribution in [0.4, 0.5) is 0 Å². The van der Waals surface area contributed by atoms with Gasteiger partial charge in [-0.25, -0.2) is 0 Å². The maximum atomic E-state index is 11.4. The molecule has 0 N–H and O–H groups in total. The number of aliphatic imine (C=N–C) groups is 2. The Labute approximate surface area is 71.9 Å². The molecule has 0 spiro atoms. The highest BCUT2D eigenvalue weighted by Gasteiger charge is 2.16. The van der Waals surface area contributed by atoms with Crippen molar-refractivity contribution in [2.24, 2.45) is 9.98 Å². The summed E-state index contributed by atoms with van der Waals surface area (Å²) in [6, 6.07) is -0.272. The summed E-state index contributed by atoms with van der Waals surface area (Å²) in [5, 5.41) is 0. The van der Waals surface area contributed by atoms with Crippen molar-refractivity contribution < 1.29 is 4.79 Å². The van der Waals surface area contributed by atoms with E-state index in [-0.39, 0.29) is 11.8 Å². The lowest BCUT2D eigenvalue weighted by Gasteiger charge is -2.10. The Morgan fingerprint density at radius 2 is 2.42 bits per heavy atom. The monoisotopic (exact) mass is 164 g/mol. The van der Waals surface area contributed by atoms with E-state index in [0.717, 1.165) is 5.57 Å². The van der Waals surface area contributed by atoms with Crippen LogP contribution in [0.15, 0.2) is 22.1 Å². The van der Waals surface area contributed by atoms with Crippen molar-refractivity contribution >= 4 is 18.2 Å². The van der Waals surface area contributed by atoms with Gasteiger partial charge in [-0.1, -0.05) is 12.2 Å². The largest absolute Gasteiger partial charge is 0.297 e. The van der Waals surface area contributed by atoms with Crippen LogP contribution in [0.3, 0.4) is 0 Å². The molecule has 0 amide bonds. The van der Waals surface area contributed by atoms with Crippen LogP contribution < -0.4 is 0 Å². The van der Waals surface area contributed by atoms with Crippen molar-refractivity contribution in [1.29, 1.82) is 0 Å². The third kappa shape index (κ3) is 2.42. The van der Waals surface area contributed by atoms with Gasteiger partial charge in [-0.2, -0.15) is 0 Å². The van der Waals surface area contributed by atoms with E-state index in [2.05, 4.69) is 16.6 Å². The van der Waals surface area contributed by atoms with Gasteiger partial charge in [-0.05, 0) is 6.92 Å². The smallest absolute Gasteiger partial charge is 0.163 e. The maximum Gasteiger partial charge on any atom is 0.163 e. The minimum Gasteiger partial charge on any atom is -0.297 e. The Bertz CT molecular complexity index is 253. The predicted molar refractivity (Wildman–Crippen MR) is 50.1 cm³/mol. The third-order valence-electron chi connectivity index (χ3n) is 1.56. The molecule has 3 heteroatoms. The molecule has 0 aromatic carbocycles. The van der Waals surface area contributed by atoms with Crippen LogP contribution in [0.1, 0.15) is 13.3 Å². The van der Waals surface area contributed by atoms with E-state index in [1.165, 1.54) is 0 Å². The van der Waals surface area contributed by atoms with Gasteiger partial charge in [0.1, 0.15) is 6.04 Å². The molecule has 0 radical (unpaired) electrons. The zero-order chi connectivity index (χ0) is 8.97. The first kappa shape index (κ1) is 8.84. The first-order valence-corrected chi connectivity index (χ1v) is 3.89. The van der Waals surface area contributed by atoms with Crippen molar-refractivity contribution in [2.75, 3.05) is 6.54 Å². The molecule has 0 aromatic rings. The standard InChI is InChI=1S/C9H12N2O/c1-7(2)5-9(12)8-6-10-3-4-11-8/h3-4,8H,1,5-6H2,2H3. The lowest BCUT2D eigenvalue weighted by molar-refractivity contribution is -0.119. The summed E-state index contributed by atoms with van der Waals surface area (Å²) in [4.78, 5) is 19.3. The molecule has 0 bridgehead atoms. The summed E-state index contributed by atoms with van der Waals surface area (Å²) in [7, 11) is 0. The number of carbonyl (C=O) groups is 1. The minimum absolute atomic E-state index is 0.107. The Morgan fingerprint density at radius 3 is 2.92 bits per heavy atom. The topological polar surface area (TPSA) is 41.8 Å². The van der Waals surface area contributed by atoms with Gasteiger partial charge < -0.3 is 0 Å². The molecular weight excluding hydrogens is 152 g/mol. The van der Waals surface area contributed by atoms with Gasteiger partial charge >= 0.3 is 0 Å². The van der Waals surface area contributed by atoms with Gasteiger partial charge in [0.05, 0.1) is 6.54 Å². The first-order valence-electron chi connectivity index (χ1n) is 3.89. The molecule has 1 aliphatic rings. The quantitative estimate of drug-likeness (QED) is 0.575. The molecule has 0 aromatic heterocycles. The molecule has 0 saturated heterocycles. The zero-order valence-corrected chi connectivity index (χ0v) is 7.16. The normalized spacial score (nSPS) is 20.9. The first-order chi connectivity index (χ1) is 5.70. The number of hydrogen-bond donors (Lipinski definition) is 0. The van der Waals surface area contributed by atoms with E-state index in [4.69, 9.17) is 0 Å². The molecule has 1 atom stereocenters. The fraction of sp³-hybridized carbons (Fsp3) is 0.444. The van der Waals surface area contributed by atoms with E-state index in [9.17, 15) is 4.79 Å². The second-order valence-electron chi connectivity index (χ2n) is 2.93. The maximum absolute atomic E-state index is 11.4. The number of Topliss-reactive ketones (excluding diaryl/α,β-unsaturated/α-hetero) is 1. The Morgan fingerprint density at radius 1 is 1.67 bits per heavy atom. The van der Waals surface area contributed by atoms with E-state index in [1.807, 2.05) is 6.92 Å². The van der Waals surface area contributed by atoms with Gasteiger partial charge in [0.25, 0.3) is 0 Å². The summed E-state index contributed by atoms with van der Waals surface area (Å²) >= 11 is 0. The Hall–Kier alpha value is -1.25. The number of nitrogens with zero attached hydrogens (tertiary/aromatic N) is 2. The number of allylic oxidation sites excluding steroid dienone is 1. The van der Waals surface area contributed by atoms with Gasteiger partial charge in [0, 0.05) is 18.9 Å². The average molecular weight is 164 g/mol. The van der Waals surface area contributed by atoms with E-state index < -0.39 is 0 Å². The Balaban J connectivity index is 2.48. The molecule has 1 unspecified atom stereocenters. The van der Waals surface area contributed by atoms with Crippen LogP contribution in [0.25, 0.3) is 0 Å². The fourth-order valence-electron chi connectivity index (χ4n) is 0.998. The lowest BCUT2D eigenvalue weighted by atomic mass is 10.1. The number of rotatable bonds is 3. The molecule has 12 heavy (non-hydrogen) atoms. The zero-order valence-electron chi connectivity index (χ0n) is 7.16. The molecule has 1 aliphatic heterocycles. The van der Waals surface area contributed by atoms with Crippen LogP contribution in [0, 0.1) is 0 Å². The van der Waals surface area contributed by atoms with Gasteiger partial charge in [-0.3, -0.25) is 14.8 Å². The van der Waals surface area contributed by atoms with E-state index in [1.54, 1.807) is 12.4 Å². The highest BCUT2D eigenvalue weighted by Crippen LogP contribution is 2.05. The highest BCUT2D eigenvalue weighted by atomic mass is 16.1. The molecule has 0 saturated carbocycles. The summed E-state index contributed by atoms with van der Waals surface area (Å²) in [6.45, 7) is 6.01. The molecule has 64 valence electrons. The second kappa shape index (κ2) is 3.95. The number of hydrogen-bond acceptors (Lipinski definition) is 3. The van der Waals surface area contributed by atoms with E-state index >= 15 is 0 Å². The van der Waals surface area contributed by atoms with Crippen molar-refractivity contribution in [3.8, 4) is 0 Å². The van der Waals surface area contributed by atoms with Crippen molar-refractivity contribution in [2.45, 2.75) is 19.4 Å². The van der Waals surface area contributed by atoms with Gasteiger partial charge in [0.2, 0.25) is 0 Å². The third-order valence-corrected chi connectivity index (χ3v) is 1.56. The summed E-state index contributed by atoms with van der Waals surface area (Å²) in [5.41, 5.74) is 0.879. The molecule has 1 heterocycles. The number of ketones is 1. The van der Waals surface area contributed by atoms with Gasteiger partial charge in [-0.15, -0.1) is 0 Å². The van der Waals surface area contributed by atoms with Crippen LogP contribution >= 0.6 is 0 Å². The second-order valence-corrected chi connectivity index (χ2v) is 2.93. The molecule has 1 rings (SSSR count). The van der Waals surface area contributed by atoms with Crippen molar-refractivity contribution in [3.05, 3.63) is 12.2 Å². The molecule has 3 nitrogen and oxygen atoms in total. The Kier molecular flexibility index (Phi) is 2.91.